The summed E-state index contributed by atoms with van der Waals surface area (Å²) in [7, 11) is 1.43. The van der Waals surface area contributed by atoms with Crippen LogP contribution in [0.5, 0.6) is 5.75 Å². The summed E-state index contributed by atoms with van der Waals surface area (Å²) in [5.41, 5.74) is 2.91. The third-order valence-electron chi connectivity index (χ3n) is 5.71. The van der Waals surface area contributed by atoms with E-state index >= 15 is 0 Å². The Hall–Kier alpha value is -3.59. The van der Waals surface area contributed by atoms with Crippen molar-refractivity contribution >= 4 is 41.1 Å². The first-order chi connectivity index (χ1) is 15.8. The van der Waals surface area contributed by atoms with E-state index in [0.717, 1.165) is 5.56 Å². The molecule has 1 fully saturated rings. The van der Waals surface area contributed by atoms with Crippen molar-refractivity contribution < 1.29 is 28.7 Å². The van der Waals surface area contributed by atoms with Crippen LogP contribution in [-0.2, 0) is 27.5 Å². The molecule has 2 aliphatic rings. The van der Waals surface area contributed by atoms with Crippen molar-refractivity contribution in [2.24, 2.45) is 0 Å². The summed E-state index contributed by atoms with van der Waals surface area (Å²) >= 11 is 6.08. The first kappa shape index (κ1) is 22.6. The van der Waals surface area contributed by atoms with Crippen molar-refractivity contribution in [3.8, 4) is 5.75 Å². The van der Waals surface area contributed by atoms with Crippen LogP contribution in [0.1, 0.15) is 39.9 Å². The Morgan fingerprint density at radius 1 is 1.24 bits per heavy atom. The average molecular weight is 472 g/mol. The number of nitrogens with one attached hydrogen (secondary N) is 2. The smallest absolute Gasteiger partial charge is 0.411 e. The van der Waals surface area contributed by atoms with Crippen molar-refractivity contribution in [2.45, 2.75) is 39.0 Å². The largest absolute Gasteiger partial charge is 0.495 e. The Kier molecular flexibility index (Phi) is 6.24. The van der Waals surface area contributed by atoms with E-state index in [1.165, 1.54) is 12.0 Å². The molecular weight excluding hydrogens is 450 g/mol. The number of rotatable bonds is 5. The molecule has 2 N–H and O–H groups in total. The van der Waals surface area contributed by atoms with Crippen molar-refractivity contribution in [1.82, 2.24) is 10.2 Å². The third-order valence-corrected chi connectivity index (χ3v) is 6.12. The van der Waals surface area contributed by atoms with Gasteiger partial charge in [0.25, 0.3) is 5.91 Å². The highest BCUT2D eigenvalue weighted by Crippen LogP contribution is 2.36. The van der Waals surface area contributed by atoms with Gasteiger partial charge < -0.3 is 14.4 Å². The number of carbonyl (C=O) groups excluding carboxylic acids is 4. The van der Waals surface area contributed by atoms with Crippen LogP contribution in [0.2, 0.25) is 5.02 Å². The lowest BCUT2D eigenvalue weighted by Gasteiger charge is -2.29. The van der Waals surface area contributed by atoms with Gasteiger partial charge in [-0.25, -0.2) is 4.79 Å². The van der Waals surface area contributed by atoms with Crippen LogP contribution in [0.25, 0.3) is 0 Å². The van der Waals surface area contributed by atoms with Gasteiger partial charge in [0.15, 0.2) is 0 Å². The molecular formula is C23H22ClN3O6. The van der Waals surface area contributed by atoms with Crippen LogP contribution in [-0.4, -0.2) is 41.9 Å². The standard InChI is InChI=1S/C23H22ClN3O6/c1-12-3-6-15(9-16(12)24)25-23(31)33-11-14-5-4-13-10-27(22(30)19(13)20(14)32-2)17-7-8-18(28)26-21(17)29/h3-6,9,17H,7-8,10-11H2,1-2H3,(H,25,31)(H,26,28,29). The monoisotopic (exact) mass is 471 g/mol. The van der Waals surface area contributed by atoms with Crippen LogP contribution >= 0.6 is 11.6 Å². The highest BCUT2D eigenvalue weighted by Gasteiger charge is 2.41. The molecule has 10 heteroatoms. The van der Waals surface area contributed by atoms with Crippen molar-refractivity contribution in [3.63, 3.8) is 0 Å². The lowest BCUT2D eigenvalue weighted by atomic mass is 10.0. The van der Waals surface area contributed by atoms with Crippen LogP contribution in [0.15, 0.2) is 30.3 Å². The van der Waals surface area contributed by atoms with Crippen molar-refractivity contribution in [1.29, 1.82) is 0 Å². The number of amides is 4. The number of halogens is 1. The molecule has 1 saturated heterocycles. The number of hydrogen-bond donors (Lipinski definition) is 2. The van der Waals surface area contributed by atoms with Crippen molar-refractivity contribution in [3.05, 3.63) is 57.6 Å². The van der Waals surface area contributed by atoms with E-state index in [9.17, 15) is 19.2 Å². The maximum absolute atomic E-state index is 13.1. The zero-order chi connectivity index (χ0) is 23.7. The Morgan fingerprint density at radius 3 is 2.73 bits per heavy atom. The van der Waals surface area contributed by atoms with Gasteiger partial charge in [-0.1, -0.05) is 29.8 Å². The number of nitrogens with zero attached hydrogens (tertiary/aromatic N) is 1. The number of methoxy groups -OCH3 is 1. The summed E-state index contributed by atoms with van der Waals surface area (Å²) in [5, 5.41) is 5.40. The predicted molar refractivity (Wildman–Crippen MR) is 119 cm³/mol. The van der Waals surface area contributed by atoms with Gasteiger partial charge in [0.2, 0.25) is 11.8 Å². The molecule has 0 aromatic heterocycles. The molecule has 2 aliphatic heterocycles. The molecule has 2 heterocycles. The second-order valence-corrected chi connectivity index (χ2v) is 8.26. The third kappa shape index (κ3) is 4.49. The second-order valence-electron chi connectivity index (χ2n) is 7.86. The fourth-order valence-electron chi connectivity index (χ4n) is 3.98. The van der Waals surface area contributed by atoms with E-state index < -0.39 is 18.0 Å². The van der Waals surface area contributed by atoms with Gasteiger partial charge in [-0.15, -0.1) is 0 Å². The fraction of sp³-hybridized carbons (Fsp3) is 0.304. The second kappa shape index (κ2) is 9.11. The lowest BCUT2D eigenvalue weighted by molar-refractivity contribution is -0.136. The molecule has 1 atom stereocenters. The number of piperidine rings is 1. The number of imide groups is 1. The summed E-state index contributed by atoms with van der Waals surface area (Å²) < 4.78 is 10.8. The number of carbonyl (C=O) groups is 4. The SMILES string of the molecule is COc1c(COC(=O)Nc2ccc(C)c(Cl)c2)ccc2c1C(=O)N(C1CCC(=O)NC1=O)C2. The number of benzene rings is 2. The molecule has 0 bridgehead atoms. The molecule has 4 rings (SSSR count). The van der Waals surface area contributed by atoms with Gasteiger partial charge in [-0.2, -0.15) is 0 Å². The maximum Gasteiger partial charge on any atom is 0.411 e. The van der Waals surface area contributed by atoms with Crippen molar-refractivity contribution in [2.75, 3.05) is 12.4 Å². The molecule has 4 amide bonds. The van der Waals surface area contributed by atoms with Gasteiger partial charge in [0.1, 0.15) is 18.4 Å². The van der Waals surface area contributed by atoms with E-state index in [-0.39, 0.29) is 37.8 Å². The number of ether oxygens (including phenoxy) is 2. The summed E-state index contributed by atoms with van der Waals surface area (Å²) in [6.07, 6.45) is -0.242. The topological polar surface area (TPSA) is 114 Å². The van der Waals surface area contributed by atoms with Gasteiger partial charge in [-0.05, 0) is 36.6 Å². The number of anilines is 1. The lowest BCUT2D eigenvalue weighted by Crippen LogP contribution is -2.52. The molecule has 1 unspecified atom stereocenters. The first-order valence-corrected chi connectivity index (χ1v) is 10.7. The van der Waals surface area contributed by atoms with Gasteiger partial charge in [0, 0.05) is 29.2 Å². The number of fused-ring (bicyclic) bond motifs is 1. The molecule has 0 radical (unpaired) electrons. The van der Waals surface area contributed by atoms with Crippen LogP contribution < -0.4 is 15.4 Å². The Labute approximate surface area is 195 Å². The summed E-state index contributed by atoms with van der Waals surface area (Å²) in [5.74, 6) is -0.901. The van der Waals surface area contributed by atoms with Crippen LogP contribution in [0, 0.1) is 6.92 Å². The molecule has 0 aliphatic carbocycles. The molecule has 2 aromatic carbocycles. The van der Waals surface area contributed by atoms with E-state index in [2.05, 4.69) is 10.6 Å². The van der Waals surface area contributed by atoms with E-state index in [0.29, 0.717) is 33.1 Å². The summed E-state index contributed by atoms with van der Waals surface area (Å²) in [4.78, 5) is 50.5. The zero-order valence-corrected chi connectivity index (χ0v) is 18.8. The minimum absolute atomic E-state index is 0.131. The normalized spacial score (nSPS) is 17.5. The predicted octanol–water partition coefficient (Wildman–Crippen LogP) is 3.17. The van der Waals surface area contributed by atoms with E-state index in [1.54, 1.807) is 30.3 Å². The number of hydrogen-bond acceptors (Lipinski definition) is 6. The Morgan fingerprint density at radius 2 is 2.03 bits per heavy atom. The molecule has 0 saturated carbocycles. The van der Waals surface area contributed by atoms with E-state index in [4.69, 9.17) is 21.1 Å². The summed E-state index contributed by atoms with van der Waals surface area (Å²) in [6, 6.07) is 7.85. The Balaban J connectivity index is 1.47. The average Bonchev–Trinajstić information content (AvgIpc) is 3.11. The fourth-order valence-corrected chi connectivity index (χ4v) is 4.16. The molecule has 9 nitrogen and oxygen atoms in total. The Bertz CT molecular complexity index is 1170. The first-order valence-electron chi connectivity index (χ1n) is 10.3. The highest BCUT2D eigenvalue weighted by molar-refractivity contribution is 6.31. The van der Waals surface area contributed by atoms with E-state index in [1.807, 2.05) is 6.92 Å². The van der Waals surface area contributed by atoms with Crippen LogP contribution in [0.3, 0.4) is 0 Å². The molecule has 0 spiro atoms. The van der Waals surface area contributed by atoms with Crippen LogP contribution in [0.4, 0.5) is 10.5 Å². The zero-order valence-electron chi connectivity index (χ0n) is 18.1. The number of aryl methyl sites for hydroxylation is 1. The van der Waals surface area contributed by atoms with Gasteiger partial charge >= 0.3 is 6.09 Å². The molecule has 33 heavy (non-hydrogen) atoms. The highest BCUT2D eigenvalue weighted by atomic mass is 35.5. The quantitative estimate of drug-likeness (QED) is 0.647. The van der Waals surface area contributed by atoms with Gasteiger partial charge in [-0.3, -0.25) is 25.0 Å². The minimum atomic E-state index is -0.723. The van der Waals surface area contributed by atoms with Gasteiger partial charge in [0.05, 0.1) is 12.7 Å². The molecule has 2 aromatic rings. The summed E-state index contributed by atoms with van der Waals surface area (Å²) in [6.45, 7) is 1.95. The molecule has 172 valence electrons. The maximum atomic E-state index is 13.1. The minimum Gasteiger partial charge on any atom is -0.495 e.